The number of hydrogen-bond donors (Lipinski definition) is 2. The standard InChI is InChI=1S/C24H27F3N2O6/c1-3-33-20(22(31)34-4-2)15-16-9-11-17(12-10-16)35-14-13-28-21(30)18-7-5-6-8-19(18)29-23(32)24(25,26)27/h5-12,20H,3-4,13-15H2,1-2H3,(H,28,30)(H,29,32). The molecule has 2 N–H and O–H groups in total. The number of carbonyl (C=O) groups excluding carboxylic acids is 3. The summed E-state index contributed by atoms with van der Waals surface area (Å²) < 4.78 is 53.6. The van der Waals surface area contributed by atoms with Crippen molar-refractivity contribution in [3.63, 3.8) is 0 Å². The highest BCUT2D eigenvalue weighted by molar-refractivity contribution is 6.04. The molecule has 2 rings (SSSR count). The van der Waals surface area contributed by atoms with Crippen molar-refractivity contribution in [3.05, 3.63) is 59.7 Å². The minimum absolute atomic E-state index is 0.0669. The Morgan fingerprint density at radius 2 is 1.66 bits per heavy atom. The molecule has 0 aliphatic heterocycles. The molecule has 190 valence electrons. The first-order chi connectivity index (χ1) is 16.7. The van der Waals surface area contributed by atoms with E-state index < -0.39 is 30.1 Å². The second kappa shape index (κ2) is 13.3. The Morgan fingerprint density at radius 1 is 0.971 bits per heavy atom. The van der Waals surface area contributed by atoms with Crippen LogP contribution in [0.4, 0.5) is 18.9 Å². The Morgan fingerprint density at radius 3 is 2.29 bits per heavy atom. The van der Waals surface area contributed by atoms with Gasteiger partial charge in [-0.25, -0.2) is 4.79 Å². The minimum atomic E-state index is -5.07. The van der Waals surface area contributed by atoms with Gasteiger partial charge >= 0.3 is 18.1 Å². The summed E-state index contributed by atoms with van der Waals surface area (Å²) in [6.07, 6.45) is -5.44. The van der Waals surface area contributed by atoms with Crippen molar-refractivity contribution in [1.82, 2.24) is 5.32 Å². The van der Waals surface area contributed by atoms with Crippen LogP contribution in [0.2, 0.25) is 0 Å². The molecule has 0 radical (unpaired) electrons. The van der Waals surface area contributed by atoms with Crippen LogP contribution < -0.4 is 15.4 Å². The predicted octanol–water partition coefficient (Wildman–Crippen LogP) is 3.51. The van der Waals surface area contributed by atoms with Gasteiger partial charge < -0.3 is 24.8 Å². The van der Waals surface area contributed by atoms with Crippen LogP contribution >= 0.6 is 0 Å². The Bertz CT molecular complexity index is 995. The van der Waals surface area contributed by atoms with Crippen LogP contribution in [0.1, 0.15) is 29.8 Å². The molecule has 8 nitrogen and oxygen atoms in total. The molecule has 0 spiro atoms. The second-order valence-electron chi connectivity index (χ2n) is 7.15. The quantitative estimate of drug-likeness (QED) is 0.345. The monoisotopic (exact) mass is 496 g/mol. The summed E-state index contributed by atoms with van der Waals surface area (Å²) in [5, 5.41) is 4.23. The molecular formula is C24H27F3N2O6. The van der Waals surface area contributed by atoms with E-state index in [9.17, 15) is 27.6 Å². The summed E-state index contributed by atoms with van der Waals surface area (Å²) in [7, 11) is 0. The zero-order chi connectivity index (χ0) is 25.8. The van der Waals surface area contributed by atoms with Crippen molar-refractivity contribution in [2.45, 2.75) is 32.5 Å². The van der Waals surface area contributed by atoms with Gasteiger partial charge in [0.2, 0.25) is 0 Å². The fraction of sp³-hybridized carbons (Fsp3) is 0.375. The van der Waals surface area contributed by atoms with Crippen molar-refractivity contribution < 1.29 is 41.8 Å². The van der Waals surface area contributed by atoms with Gasteiger partial charge in [-0.15, -0.1) is 0 Å². The molecule has 0 bridgehead atoms. The lowest BCUT2D eigenvalue weighted by molar-refractivity contribution is -0.167. The number of nitrogens with one attached hydrogen (secondary N) is 2. The number of ether oxygens (including phenoxy) is 3. The van der Waals surface area contributed by atoms with Crippen molar-refractivity contribution in [2.24, 2.45) is 0 Å². The van der Waals surface area contributed by atoms with Gasteiger partial charge in [0.1, 0.15) is 12.4 Å². The van der Waals surface area contributed by atoms with E-state index >= 15 is 0 Å². The SMILES string of the molecule is CCOC(=O)C(Cc1ccc(OCCNC(=O)c2ccccc2NC(=O)C(F)(F)F)cc1)OCC. The van der Waals surface area contributed by atoms with Crippen LogP contribution in [0.3, 0.4) is 0 Å². The maximum atomic E-state index is 12.5. The van der Waals surface area contributed by atoms with Gasteiger partial charge in [0, 0.05) is 13.0 Å². The smallest absolute Gasteiger partial charge is 0.471 e. The number of halogens is 3. The van der Waals surface area contributed by atoms with Crippen molar-refractivity contribution in [3.8, 4) is 5.75 Å². The van der Waals surface area contributed by atoms with E-state index in [1.807, 2.05) is 0 Å². The number of carbonyl (C=O) groups is 3. The molecule has 0 heterocycles. The largest absolute Gasteiger partial charge is 0.492 e. The lowest BCUT2D eigenvalue weighted by atomic mass is 10.1. The molecule has 1 atom stereocenters. The number of esters is 1. The van der Waals surface area contributed by atoms with Crippen LogP contribution in [0.25, 0.3) is 0 Å². The van der Waals surface area contributed by atoms with Gasteiger partial charge in [-0.3, -0.25) is 9.59 Å². The zero-order valence-corrected chi connectivity index (χ0v) is 19.3. The summed E-state index contributed by atoms with van der Waals surface area (Å²) in [4.78, 5) is 35.5. The van der Waals surface area contributed by atoms with Crippen LogP contribution in [0, 0.1) is 0 Å². The number of hydrogen-bond acceptors (Lipinski definition) is 6. The van der Waals surface area contributed by atoms with Crippen LogP contribution in [-0.4, -0.2) is 56.4 Å². The first kappa shape index (κ1) is 27.6. The van der Waals surface area contributed by atoms with Crippen LogP contribution in [0.5, 0.6) is 5.75 Å². The summed E-state index contributed by atoms with van der Waals surface area (Å²) in [6.45, 7) is 4.30. The van der Waals surface area contributed by atoms with Gasteiger partial charge in [-0.1, -0.05) is 24.3 Å². The molecule has 0 fully saturated rings. The van der Waals surface area contributed by atoms with Gasteiger partial charge in [0.15, 0.2) is 6.10 Å². The first-order valence-corrected chi connectivity index (χ1v) is 10.9. The molecule has 0 aromatic heterocycles. The van der Waals surface area contributed by atoms with E-state index in [0.717, 1.165) is 5.56 Å². The number of amides is 2. The van der Waals surface area contributed by atoms with E-state index in [-0.39, 0.29) is 31.0 Å². The average Bonchev–Trinajstić information content (AvgIpc) is 2.82. The van der Waals surface area contributed by atoms with Gasteiger partial charge in [-0.2, -0.15) is 13.2 Å². The summed E-state index contributed by atoms with van der Waals surface area (Å²) in [6, 6.07) is 12.3. The number of benzene rings is 2. The fourth-order valence-electron chi connectivity index (χ4n) is 2.99. The lowest BCUT2D eigenvalue weighted by Gasteiger charge is -2.16. The highest BCUT2D eigenvalue weighted by atomic mass is 19.4. The van der Waals surface area contributed by atoms with Crippen molar-refractivity contribution >= 4 is 23.5 Å². The third-order valence-electron chi connectivity index (χ3n) is 4.60. The number of anilines is 1. The fourth-order valence-corrected chi connectivity index (χ4v) is 2.99. The molecule has 2 aromatic carbocycles. The molecule has 11 heteroatoms. The average molecular weight is 496 g/mol. The first-order valence-electron chi connectivity index (χ1n) is 10.9. The van der Waals surface area contributed by atoms with Crippen LogP contribution in [0.15, 0.2) is 48.5 Å². The third-order valence-corrected chi connectivity index (χ3v) is 4.60. The Hall–Kier alpha value is -3.60. The van der Waals surface area contributed by atoms with Crippen molar-refractivity contribution in [1.29, 1.82) is 0 Å². The van der Waals surface area contributed by atoms with E-state index in [1.54, 1.807) is 43.4 Å². The third kappa shape index (κ3) is 8.93. The summed E-state index contributed by atoms with van der Waals surface area (Å²) in [5.74, 6) is -2.74. The minimum Gasteiger partial charge on any atom is -0.492 e. The summed E-state index contributed by atoms with van der Waals surface area (Å²) in [5.41, 5.74) is 0.478. The van der Waals surface area contributed by atoms with Crippen LogP contribution in [-0.2, 0) is 25.5 Å². The van der Waals surface area contributed by atoms with E-state index in [1.165, 1.54) is 24.3 Å². The molecule has 0 aliphatic rings. The van der Waals surface area contributed by atoms with E-state index in [0.29, 0.717) is 18.8 Å². The second-order valence-corrected chi connectivity index (χ2v) is 7.15. The maximum absolute atomic E-state index is 12.5. The molecule has 1 unspecified atom stereocenters. The van der Waals surface area contributed by atoms with E-state index in [2.05, 4.69) is 5.32 Å². The molecule has 2 aromatic rings. The molecule has 0 saturated heterocycles. The Labute approximate surface area is 200 Å². The molecular weight excluding hydrogens is 469 g/mol. The zero-order valence-electron chi connectivity index (χ0n) is 19.3. The molecule has 0 saturated carbocycles. The lowest BCUT2D eigenvalue weighted by Crippen LogP contribution is -2.32. The highest BCUT2D eigenvalue weighted by Gasteiger charge is 2.39. The van der Waals surface area contributed by atoms with E-state index in [4.69, 9.17) is 14.2 Å². The predicted molar refractivity (Wildman–Crippen MR) is 121 cm³/mol. The molecule has 2 amide bonds. The van der Waals surface area contributed by atoms with Crippen molar-refractivity contribution in [2.75, 3.05) is 31.7 Å². The Balaban J connectivity index is 1.85. The number of rotatable bonds is 12. The topological polar surface area (TPSA) is 103 Å². The van der Waals surface area contributed by atoms with Gasteiger partial charge in [0.25, 0.3) is 5.91 Å². The number of para-hydroxylation sites is 1. The molecule has 0 aliphatic carbocycles. The normalized spacial score (nSPS) is 11.9. The summed E-state index contributed by atoms with van der Waals surface area (Å²) >= 11 is 0. The van der Waals surface area contributed by atoms with Gasteiger partial charge in [0.05, 0.1) is 24.4 Å². The maximum Gasteiger partial charge on any atom is 0.471 e. The molecule has 35 heavy (non-hydrogen) atoms. The van der Waals surface area contributed by atoms with Gasteiger partial charge in [-0.05, 0) is 43.7 Å². The highest BCUT2D eigenvalue weighted by Crippen LogP contribution is 2.21. The number of alkyl halides is 3. The Kier molecular flexibility index (Phi) is 10.5.